The van der Waals surface area contributed by atoms with Crippen LogP contribution in [0.15, 0.2) is 22.3 Å². The molecule has 0 saturated carbocycles. The Labute approximate surface area is 147 Å². The van der Waals surface area contributed by atoms with Gasteiger partial charge in [-0.05, 0) is 24.8 Å². The van der Waals surface area contributed by atoms with Crippen LogP contribution in [0.25, 0.3) is 20.7 Å². The Morgan fingerprint density at radius 1 is 1.42 bits per heavy atom. The molecular weight excluding hydrogens is 344 g/mol. The van der Waals surface area contributed by atoms with Crippen LogP contribution in [0.1, 0.15) is 30.5 Å². The van der Waals surface area contributed by atoms with E-state index in [0.29, 0.717) is 17.6 Å². The molecule has 0 atom stereocenters. The van der Waals surface area contributed by atoms with Crippen molar-refractivity contribution in [3.8, 4) is 10.4 Å². The van der Waals surface area contributed by atoms with Crippen LogP contribution in [0.5, 0.6) is 0 Å². The number of hydrogen-bond donors (Lipinski definition) is 1. The summed E-state index contributed by atoms with van der Waals surface area (Å²) in [5.41, 5.74) is 0.812. The molecule has 0 aliphatic rings. The van der Waals surface area contributed by atoms with E-state index in [2.05, 4.69) is 4.98 Å². The molecule has 3 aromatic rings. The topological polar surface area (TPSA) is 72.2 Å². The van der Waals surface area contributed by atoms with Crippen molar-refractivity contribution >= 4 is 38.9 Å². The highest BCUT2D eigenvalue weighted by Crippen LogP contribution is 2.37. The van der Waals surface area contributed by atoms with Gasteiger partial charge in [0.1, 0.15) is 10.7 Å². The molecule has 24 heavy (non-hydrogen) atoms. The Balaban J connectivity index is 2.26. The van der Waals surface area contributed by atoms with E-state index in [1.807, 2.05) is 31.4 Å². The van der Waals surface area contributed by atoms with Crippen LogP contribution >= 0.6 is 22.7 Å². The van der Waals surface area contributed by atoms with Crippen molar-refractivity contribution in [1.82, 2.24) is 9.55 Å². The van der Waals surface area contributed by atoms with Crippen molar-refractivity contribution in [2.24, 2.45) is 0 Å². The zero-order chi connectivity index (χ0) is 17.3. The molecular formula is C17H18N2O3S2. The van der Waals surface area contributed by atoms with Crippen LogP contribution in [0.2, 0.25) is 0 Å². The maximum absolute atomic E-state index is 13.1. The quantitative estimate of drug-likeness (QED) is 0.721. The van der Waals surface area contributed by atoms with Gasteiger partial charge in [-0.1, -0.05) is 13.0 Å². The first-order valence-electron chi connectivity index (χ1n) is 7.81. The summed E-state index contributed by atoms with van der Waals surface area (Å²) in [6.45, 7) is 4.18. The lowest BCUT2D eigenvalue weighted by Crippen LogP contribution is -2.26. The zero-order valence-electron chi connectivity index (χ0n) is 13.5. The molecule has 0 aromatic carbocycles. The van der Waals surface area contributed by atoms with Crippen LogP contribution in [0.3, 0.4) is 0 Å². The summed E-state index contributed by atoms with van der Waals surface area (Å²) < 4.78 is 1.54. The molecule has 7 heteroatoms. The normalized spacial score (nSPS) is 11.2. The van der Waals surface area contributed by atoms with E-state index in [0.717, 1.165) is 26.6 Å². The number of carbonyl (C=O) groups is 1. The Bertz CT molecular complexity index is 939. The summed E-state index contributed by atoms with van der Waals surface area (Å²) >= 11 is 3.12. The average molecular weight is 362 g/mol. The minimum atomic E-state index is -0.913. The Morgan fingerprint density at radius 2 is 2.21 bits per heavy atom. The maximum Gasteiger partial charge on any atom is 0.305 e. The van der Waals surface area contributed by atoms with Crippen LogP contribution in [0, 0.1) is 6.92 Å². The molecule has 0 fully saturated rings. The molecule has 1 N–H and O–H groups in total. The number of carboxylic acids is 1. The molecule has 0 saturated heterocycles. The van der Waals surface area contributed by atoms with Crippen molar-refractivity contribution in [3.05, 3.63) is 38.6 Å². The molecule has 0 aliphatic heterocycles. The van der Waals surface area contributed by atoms with E-state index in [1.54, 1.807) is 15.9 Å². The Morgan fingerprint density at radius 3 is 2.83 bits per heavy atom. The molecule has 0 radical (unpaired) electrons. The number of aliphatic carboxylic acids is 1. The first kappa shape index (κ1) is 16.9. The second kappa shape index (κ2) is 6.86. The molecule has 0 bridgehead atoms. The minimum absolute atomic E-state index is 0.0821. The summed E-state index contributed by atoms with van der Waals surface area (Å²) in [5, 5.41) is 11.6. The second-order valence-electron chi connectivity index (χ2n) is 5.57. The highest BCUT2D eigenvalue weighted by atomic mass is 32.1. The Hall–Kier alpha value is -1.99. The van der Waals surface area contributed by atoms with Crippen molar-refractivity contribution in [2.45, 2.75) is 39.7 Å². The predicted octanol–water partition coefficient (Wildman–Crippen LogP) is 3.92. The number of carboxylic acid groups (broad SMARTS) is 1. The van der Waals surface area contributed by atoms with Crippen LogP contribution in [-0.2, 0) is 17.8 Å². The van der Waals surface area contributed by atoms with Gasteiger partial charge in [-0.15, -0.1) is 22.7 Å². The number of fused-ring (bicyclic) bond motifs is 1. The minimum Gasteiger partial charge on any atom is -0.481 e. The van der Waals surface area contributed by atoms with Crippen molar-refractivity contribution < 1.29 is 9.90 Å². The lowest BCUT2D eigenvalue weighted by Gasteiger charge is -2.11. The second-order valence-corrected chi connectivity index (χ2v) is 7.72. The van der Waals surface area contributed by atoms with Gasteiger partial charge >= 0.3 is 5.97 Å². The van der Waals surface area contributed by atoms with Crippen LogP contribution < -0.4 is 5.56 Å². The molecule has 3 aromatic heterocycles. The highest BCUT2D eigenvalue weighted by Gasteiger charge is 2.20. The SMILES string of the molecule is CCCc1nc2sc(C)c(-c3cccs3)c2c(=O)n1CCC(=O)O. The lowest BCUT2D eigenvalue weighted by molar-refractivity contribution is -0.137. The van der Waals surface area contributed by atoms with Gasteiger partial charge in [0.15, 0.2) is 0 Å². The maximum atomic E-state index is 13.1. The van der Waals surface area contributed by atoms with Crippen molar-refractivity contribution in [2.75, 3.05) is 0 Å². The van der Waals surface area contributed by atoms with Gasteiger partial charge in [-0.3, -0.25) is 14.2 Å². The van der Waals surface area contributed by atoms with Gasteiger partial charge in [0.05, 0.1) is 11.8 Å². The van der Waals surface area contributed by atoms with Crippen LogP contribution in [0.4, 0.5) is 0 Å². The third-order valence-corrected chi connectivity index (χ3v) is 5.74. The average Bonchev–Trinajstić information content (AvgIpc) is 3.13. The van der Waals surface area contributed by atoms with Gasteiger partial charge in [0.2, 0.25) is 0 Å². The van der Waals surface area contributed by atoms with Crippen molar-refractivity contribution in [1.29, 1.82) is 0 Å². The summed E-state index contributed by atoms with van der Waals surface area (Å²) in [4.78, 5) is 31.6. The number of hydrogen-bond acceptors (Lipinski definition) is 5. The molecule has 3 rings (SSSR count). The molecule has 0 unspecified atom stereocenters. The fourth-order valence-corrected chi connectivity index (χ4v) is 4.75. The van der Waals surface area contributed by atoms with Gasteiger partial charge < -0.3 is 5.11 Å². The zero-order valence-corrected chi connectivity index (χ0v) is 15.2. The molecule has 126 valence electrons. The summed E-state index contributed by atoms with van der Waals surface area (Å²) in [7, 11) is 0. The smallest absolute Gasteiger partial charge is 0.305 e. The Kier molecular flexibility index (Phi) is 4.82. The standard InChI is InChI=1S/C17H18N2O3S2/c1-3-5-12-18-16-15(17(22)19(12)8-7-13(20)21)14(10(2)24-16)11-6-4-9-23-11/h4,6,9H,3,5,7-8H2,1-2H3,(H,20,21). The van der Waals surface area contributed by atoms with Gasteiger partial charge in [0, 0.05) is 28.3 Å². The first-order valence-corrected chi connectivity index (χ1v) is 9.51. The number of rotatable bonds is 6. The largest absolute Gasteiger partial charge is 0.481 e. The summed E-state index contributed by atoms with van der Waals surface area (Å²) in [5.74, 6) is -0.236. The number of aryl methyl sites for hydroxylation is 2. The van der Waals surface area contributed by atoms with Gasteiger partial charge in [0.25, 0.3) is 5.56 Å². The fourth-order valence-electron chi connectivity index (χ4n) is 2.81. The van der Waals surface area contributed by atoms with E-state index in [4.69, 9.17) is 5.11 Å². The van der Waals surface area contributed by atoms with E-state index in [9.17, 15) is 9.59 Å². The van der Waals surface area contributed by atoms with E-state index in [-0.39, 0.29) is 18.5 Å². The third kappa shape index (κ3) is 3.01. The summed E-state index contributed by atoms with van der Waals surface area (Å²) in [6.07, 6.45) is 1.44. The van der Waals surface area contributed by atoms with E-state index in [1.165, 1.54) is 11.3 Å². The van der Waals surface area contributed by atoms with E-state index < -0.39 is 5.97 Å². The van der Waals surface area contributed by atoms with E-state index >= 15 is 0 Å². The van der Waals surface area contributed by atoms with Crippen molar-refractivity contribution in [3.63, 3.8) is 0 Å². The number of thiophene rings is 2. The van der Waals surface area contributed by atoms with Crippen LogP contribution in [-0.4, -0.2) is 20.6 Å². The number of nitrogens with zero attached hydrogens (tertiary/aromatic N) is 2. The summed E-state index contributed by atoms with van der Waals surface area (Å²) in [6, 6.07) is 3.96. The first-order chi connectivity index (χ1) is 11.5. The lowest BCUT2D eigenvalue weighted by atomic mass is 10.1. The number of aromatic nitrogens is 2. The molecule has 0 aliphatic carbocycles. The highest BCUT2D eigenvalue weighted by molar-refractivity contribution is 7.20. The fraction of sp³-hybridized carbons (Fsp3) is 0.353. The predicted molar refractivity (Wildman–Crippen MR) is 98.2 cm³/mol. The third-order valence-electron chi connectivity index (χ3n) is 3.86. The van der Waals surface area contributed by atoms with Gasteiger partial charge in [-0.2, -0.15) is 0 Å². The monoisotopic (exact) mass is 362 g/mol. The molecule has 0 spiro atoms. The molecule has 5 nitrogen and oxygen atoms in total. The molecule has 3 heterocycles. The molecule has 0 amide bonds. The van der Waals surface area contributed by atoms with Gasteiger partial charge in [-0.25, -0.2) is 4.98 Å².